The van der Waals surface area contributed by atoms with Gasteiger partial charge in [-0.1, -0.05) is 27.2 Å². The molecule has 1 spiro atoms. The Morgan fingerprint density at radius 1 is 1.22 bits per heavy atom. The smallest absolute Gasteiger partial charge is 0.103 e. The zero-order chi connectivity index (χ0) is 16.4. The van der Waals surface area contributed by atoms with Gasteiger partial charge in [-0.25, -0.2) is 0 Å². The zero-order valence-electron chi connectivity index (χ0n) is 15.0. The lowest BCUT2D eigenvalue weighted by molar-refractivity contribution is -0.197. The summed E-state index contributed by atoms with van der Waals surface area (Å²) in [6.07, 6.45) is 12.6. The maximum Gasteiger partial charge on any atom is 0.103 e. The first-order chi connectivity index (χ1) is 11.0. The van der Waals surface area contributed by atoms with Gasteiger partial charge in [-0.3, -0.25) is 0 Å². The number of aliphatic hydroxyl groups is 1. The molecule has 1 saturated carbocycles. The van der Waals surface area contributed by atoms with Crippen molar-refractivity contribution in [2.75, 3.05) is 0 Å². The molecular formula is C20H34O3. The van der Waals surface area contributed by atoms with Gasteiger partial charge in [0.15, 0.2) is 0 Å². The Bertz CT molecular complexity index is 419. The Morgan fingerprint density at radius 2 is 2.04 bits per heavy atom. The predicted octanol–water partition coefficient (Wildman–Crippen LogP) is 4.44. The molecule has 0 aromatic heterocycles. The van der Waals surface area contributed by atoms with Crippen molar-refractivity contribution in [3.8, 4) is 0 Å². The highest BCUT2D eigenvalue weighted by molar-refractivity contribution is 4.99. The summed E-state index contributed by atoms with van der Waals surface area (Å²) >= 11 is 0. The molecule has 132 valence electrons. The number of rotatable bonds is 3. The Balaban J connectivity index is 1.67. The van der Waals surface area contributed by atoms with Gasteiger partial charge in [0.2, 0.25) is 0 Å². The minimum Gasteiger partial charge on any atom is -0.498 e. The molecule has 1 saturated heterocycles. The summed E-state index contributed by atoms with van der Waals surface area (Å²) in [5.41, 5.74) is 0.0951. The van der Waals surface area contributed by atoms with E-state index < -0.39 is 0 Å². The van der Waals surface area contributed by atoms with Crippen molar-refractivity contribution in [1.29, 1.82) is 0 Å². The summed E-state index contributed by atoms with van der Waals surface area (Å²) in [6, 6.07) is 0. The Kier molecular flexibility index (Phi) is 5.37. The van der Waals surface area contributed by atoms with Crippen molar-refractivity contribution >= 4 is 0 Å². The fraction of sp³-hybridized carbons (Fsp3) is 0.900. The minimum atomic E-state index is -0.357. The average molecular weight is 322 g/mol. The first-order valence-electron chi connectivity index (χ1n) is 9.66. The third kappa shape index (κ3) is 3.93. The van der Waals surface area contributed by atoms with Crippen LogP contribution in [0.1, 0.15) is 72.1 Å². The molecule has 2 unspecified atom stereocenters. The van der Waals surface area contributed by atoms with Crippen molar-refractivity contribution < 1.29 is 14.6 Å². The lowest BCUT2D eigenvalue weighted by Crippen LogP contribution is -2.52. The van der Waals surface area contributed by atoms with E-state index in [-0.39, 0.29) is 17.8 Å². The SMILES string of the molecule is CC(C)[C@@H]1CC[C@@H](C)CC12CCC[C@@H](C[C@H]1CC(O)C=CO1)O2. The van der Waals surface area contributed by atoms with Crippen molar-refractivity contribution in [1.82, 2.24) is 0 Å². The molecule has 0 radical (unpaired) electrons. The maximum absolute atomic E-state index is 9.79. The highest BCUT2D eigenvalue weighted by Gasteiger charge is 2.48. The van der Waals surface area contributed by atoms with Crippen molar-refractivity contribution in [3.05, 3.63) is 12.3 Å². The van der Waals surface area contributed by atoms with Crippen LogP contribution < -0.4 is 0 Å². The fourth-order valence-electron chi connectivity index (χ4n) is 5.27. The lowest BCUT2D eigenvalue weighted by Gasteiger charge is -2.52. The van der Waals surface area contributed by atoms with E-state index in [1.165, 1.54) is 32.1 Å². The summed E-state index contributed by atoms with van der Waals surface area (Å²) in [7, 11) is 0. The van der Waals surface area contributed by atoms with E-state index in [1.54, 1.807) is 12.3 Å². The largest absolute Gasteiger partial charge is 0.498 e. The van der Waals surface area contributed by atoms with Crippen molar-refractivity contribution in [3.63, 3.8) is 0 Å². The predicted molar refractivity (Wildman–Crippen MR) is 92.1 cm³/mol. The molecule has 2 fully saturated rings. The minimum absolute atomic E-state index is 0.0951. The van der Waals surface area contributed by atoms with Crippen LogP contribution in [0.25, 0.3) is 0 Å². The number of aliphatic hydroxyl groups excluding tert-OH is 1. The van der Waals surface area contributed by atoms with Crippen LogP contribution in [0, 0.1) is 17.8 Å². The molecule has 0 aromatic rings. The van der Waals surface area contributed by atoms with Gasteiger partial charge >= 0.3 is 0 Å². The van der Waals surface area contributed by atoms with E-state index in [0.717, 1.165) is 18.8 Å². The van der Waals surface area contributed by atoms with Gasteiger partial charge in [-0.2, -0.15) is 0 Å². The Hall–Kier alpha value is -0.540. The summed E-state index contributed by atoms with van der Waals surface area (Å²) in [5.74, 6) is 2.16. The van der Waals surface area contributed by atoms with Crippen LogP contribution >= 0.6 is 0 Å². The standard InChI is InChI=1S/C20H34O3/c1-14(2)19-7-6-15(3)13-20(19)9-4-5-17(23-20)12-18-11-16(21)8-10-22-18/h8,10,14-19,21H,4-7,9,11-13H2,1-3H3/t15-,16?,17+,18-,19+,20?/m1/s1. The normalized spacial score (nSPS) is 44.5. The van der Waals surface area contributed by atoms with Crippen LogP contribution in [0.2, 0.25) is 0 Å². The molecule has 1 N–H and O–H groups in total. The molecule has 6 atom stereocenters. The third-order valence-corrected chi connectivity index (χ3v) is 6.27. The Morgan fingerprint density at radius 3 is 2.78 bits per heavy atom. The quantitative estimate of drug-likeness (QED) is 0.835. The van der Waals surface area contributed by atoms with Crippen LogP contribution in [0.15, 0.2) is 12.3 Å². The van der Waals surface area contributed by atoms with E-state index in [1.807, 2.05) is 0 Å². The molecule has 3 heteroatoms. The summed E-state index contributed by atoms with van der Waals surface area (Å²) in [4.78, 5) is 0. The monoisotopic (exact) mass is 322 g/mol. The molecule has 0 amide bonds. The summed E-state index contributed by atoms with van der Waals surface area (Å²) in [5, 5.41) is 9.79. The van der Waals surface area contributed by atoms with Gasteiger partial charge in [0.25, 0.3) is 0 Å². The molecular weight excluding hydrogens is 288 g/mol. The fourth-order valence-corrected chi connectivity index (χ4v) is 5.27. The van der Waals surface area contributed by atoms with E-state index in [0.29, 0.717) is 24.4 Å². The molecule has 3 aliphatic rings. The van der Waals surface area contributed by atoms with Gasteiger partial charge in [0.1, 0.15) is 6.10 Å². The number of ether oxygens (including phenoxy) is 2. The van der Waals surface area contributed by atoms with E-state index in [9.17, 15) is 5.11 Å². The molecule has 23 heavy (non-hydrogen) atoms. The lowest BCUT2D eigenvalue weighted by atomic mass is 9.64. The molecule has 3 nitrogen and oxygen atoms in total. The van der Waals surface area contributed by atoms with Crippen molar-refractivity contribution in [2.24, 2.45) is 17.8 Å². The highest BCUT2D eigenvalue weighted by atomic mass is 16.5. The first-order valence-corrected chi connectivity index (χ1v) is 9.66. The van der Waals surface area contributed by atoms with Gasteiger partial charge in [-0.15, -0.1) is 0 Å². The molecule has 0 aromatic carbocycles. The second-order valence-electron chi connectivity index (χ2n) is 8.56. The zero-order valence-corrected chi connectivity index (χ0v) is 15.0. The first kappa shape index (κ1) is 17.3. The van der Waals surface area contributed by atoms with Gasteiger partial charge in [-0.05, 0) is 55.9 Å². The molecule has 0 bridgehead atoms. The van der Waals surface area contributed by atoms with Crippen LogP contribution in [-0.4, -0.2) is 29.0 Å². The van der Waals surface area contributed by atoms with Crippen molar-refractivity contribution in [2.45, 2.75) is 96.1 Å². The van der Waals surface area contributed by atoms with Gasteiger partial charge < -0.3 is 14.6 Å². The van der Waals surface area contributed by atoms with Gasteiger partial charge in [0.05, 0.1) is 24.1 Å². The van der Waals surface area contributed by atoms with Crippen LogP contribution in [-0.2, 0) is 9.47 Å². The number of hydrogen-bond donors (Lipinski definition) is 1. The number of hydrogen-bond acceptors (Lipinski definition) is 3. The van der Waals surface area contributed by atoms with E-state index in [2.05, 4.69) is 20.8 Å². The highest BCUT2D eigenvalue weighted by Crippen LogP contribution is 2.49. The maximum atomic E-state index is 9.79. The molecule has 3 rings (SSSR count). The van der Waals surface area contributed by atoms with Crippen LogP contribution in [0.4, 0.5) is 0 Å². The van der Waals surface area contributed by atoms with E-state index >= 15 is 0 Å². The topological polar surface area (TPSA) is 38.7 Å². The second-order valence-corrected chi connectivity index (χ2v) is 8.56. The second kappa shape index (κ2) is 7.14. The molecule has 2 aliphatic heterocycles. The average Bonchev–Trinajstić information content (AvgIpc) is 2.46. The van der Waals surface area contributed by atoms with E-state index in [4.69, 9.17) is 9.47 Å². The summed E-state index contributed by atoms with van der Waals surface area (Å²) in [6.45, 7) is 7.11. The van der Waals surface area contributed by atoms with Crippen LogP contribution in [0.5, 0.6) is 0 Å². The molecule has 2 heterocycles. The Labute approximate surface area is 141 Å². The third-order valence-electron chi connectivity index (χ3n) is 6.27. The van der Waals surface area contributed by atoms with Gasteiger partial charge in [0, 0.05) is 12.8 Å². The molecule has 1 aliphatic carbocycles. The summed E-state index contributed by atoms with van der Waals surface area (Å²) < 4.78 is 12.5. The van der Waals surface area contributed by atoms with Crippen LogP contribution in [0.3, 0.4) is 0 Å².